The van der Waals surface area contributed by atoms with E-state index >= 15 is 0 Å². The minimum Gasteiger partial charge on any atom is -0.497 e. The van der Waals surface area contributed by atoms with Crippen LogP contribution in [0.3, 0.4) is 0 Å². The summed E-state index contributed by atoms with van der Waals surface area (Å²) in [5.41, 5.74) is 4.86. The first-order valence-electron chi connectivity index (χ1n) is 19.9. The van der Waals surface area contributed by atoms with Crippen molar-refractivity contribution in [3.05, 3.63) is 77.4 Å². The topological polar surface area (TPSA) is 72.5 Å². The third-order valence-corrected chi connectivity index (χ3v) is 17.1. The maximum Gasteiger partial charge on any atom is 0.200 e. The Labute approximate surface area is 324 Å². The second kappa shape index (κ2) is 23.6. The fourth-order valence-corrected chi connectivity index (χ4v) is 14.1. The highest BCUT2D eigenvalue weighted by atomic mass is 28.4. The Hall–Kier alpha value is -2.33. The lowest BCUT2D eigenvalue weighted by molar-refractivity contribution is -0.145. The summed E-state index contributed by atoms with van der Waals surface area (Å²) in [6, 6.07) is 18.2. The number of ether oxygens (including phenoxy) is 5. The first-order valence-corrected chi connectivity index (χ1v) is 22.0. The van der Waals surface area contributed by atoms with Crippen LogP contribution >= 0.6 is 0 Å². The van der Waals surface area contributed by atoms with Gasteiger partial charge in [0.15, 0.2) is 0 Å². The summed E-state index contributed by atoms with van der Waals surface area (Å²) in [5, 5.41) is 0. The van der Waals surface area contributed by atoms with Crippen LogP contribution in [0.1, 0.15) is 101 Å². The Morgan fingerprint density at radius 3 is 1.70 bits per heavy atom. The van der Waals surface area contributed by atoms with Crippen LogP contribution in [0.15, 0.2) is 66.2 Å². The van der Waals surface area contributed by atoms with Gasteiger partial charge >= 0.3 is 0 Å². The van der Waals surface area contributed by atoms with E-state index in [1.54, 1.807) is 14.2 Å². The van der Waals surface area contributed by atoms with Gasteiger partial charge in [-0.1, -0.05) is 130 Å². The van der Waals surface area contributed by atoms with Gasteiger partial charge in [0.2, 0.25) is 8.32 Å². The Balaban J connectivity index is 2.19. The molecule has 0 spiro atoms. The van der Waals surface area contributed by atoms with Gasteiger partial charge in [0.05, 0.1) is 45.7 Å². The molecule has 2 aromatic rings. The number of hydrogen-bond acceptors (Lipinski definition) is 7. The molecule has 0 fully saturated rings. The maximum atomic E-state index is 14.0. The van der Waals surface area contributed by atoms with Crippen molar-refractivity contribution in [2.75, 3.05) is 34.2 Å². The van der Waals surface area contributed by atoms with Gasteiger partial charge in [-0.25, -0.2) is 0 Å². The predicted molar refractivity (Wildman–Crippen MR) is 221 cm³/mol. The van der Waals surface area contributed by atoms with Crippen molar-refractivity contribution in [1.29, 1.82) is 0 Å². The summed E-state index contributed by atoms with van der Waals surface area (Å²) in [6.45, 7) is 29.1. The second-order valence-corrected chi connectivity index (χ2v) is 21.8. The van der Waals surface area contributed by atoms with Gasteiger partial charge in [-0.3, -0.25) is 4.79 Å². The highest BCUT2D eigenvalue weighted by molar-refractivity contribution is 6.77. The molecule has 0 aliphatic carbocycles. The van der Waals surface area contributed by atoms with E-state index < -0.39 is 8.32 Å². The van der Waals surface area contributed by atoms with Gasteiger partial charge < -0.3 is 28.1 Å². The zero-order chi connectivity index (χ0) is 39.7. The monoisotopic (exact) mass is 755 g/mol. The average molecular weight is 755 g/mol. The molecule has 0 saturated carbocycles. The van der Waals surface area contributed by atoms with Gasteiger partial charge in [-0.2, -0.15) is 0 Å². The number of Topliss-reactive ketones (excluding diaryl/α,β-unsaturated/α-hetero) is 1. The maximum absolute atomic E-state index is 14.0. The van der Waals surface area contributed by atoms with Crippen LogP contribution in [-0.4, -0.2) is 60.5 Å². The van der Waals surface area contributed by atoms with Crippen LogP contribution in [0.25, 0.3) is 0 Å². The molecule has 0 aromatic heterocycles. The van der Waals surface area contributed by atoms with E-state index in [9.17, 15) is 4.79 Å². The summed E-state index contributed by atoms with van der Waals surface area (Å²) in [5.74, 6) is 0.835. The van der Waals surface area contributed by atoms with E-state index in [-0.39, 0.29) is 54.4 Å². The molecule has 0 aliphatic rings. The van der Waals surface area contributed by atoms with Crippen molar-refractivity contribution in [1.82, 2.24) is 0 Å². The predicted octanol–water partition coefficient (Wildman–Crippen LogP) is 11.1. The molecule has 0 aliphatic heterocycles. The first kappa shape index (κ1) is 46.8. The fraction of sp³-hybridized carbons (Fsp3) is 0.667. The number of allylic oxidation sites excluding steroid dienone is 1. The van der Waals surface area contributed by atoms with Crippen molar-refractivity contribution in [2.24, 2.45) is 29.6 Å². The molecule has 2 aromatic carbocycles. The highest BCUT2D eigenvalue weighted by Gasteiger charge is 2.48. The lowest BCUT2D eigenvalue weighted by Crippen LogP contribution is -2.52. The molecule has 7 atom stereocenters. The van der Waals surface area contributed by atoms with Crippen LogP contribution in [0.2, 0.25) is 16.6 Å². The molecular weight excluding hydrogens is 681 g/mol. The number of methoxy groups -OCH3 is 2. The first-order chi connectivity index (χ1) is 25.1. The van der Waals surface area contributed by atoms with E-state index in [0.717, 1.165) is 11.3 Å². The smallest absolute Gasteiger partial charge is 0.200 e. The Morgan fingerprint density at radius 2 is 1.21 bits per heavy atom. The van der Waals surface area contributed by atoms with Gasteiger partial charge in [-0.15, -0.1) is 0 Å². The van der Waals surface area contributed by atoms with E-state index in [4.69, 9.17) is 28.1 Å². The van der Waals surface area contributed by atoms with Crippen LogP contribution in [0, 0.1) is 29.6 Å². The molecule has 7 nitrogen and oxygen atoms in total. The Morgan fingerprint density at radius 1 is 0.698 bits per heavy atom. The van der Waals surface area contributed by atoms with Crippen LogP contribution in [-0.2, 0) is 41.4 Å². The van der Waals surface area contributed by atoms with Crippen LogP contribution in [0.5, 0.6) is 5.75 Å². The number of carbonyl (C=O) groups is 1. The summed E-state index contributed by atoms with van der Waals surface area (Å²) in [4.78, 5) is 14.0. The number of carbonyl (C=O) groups excluding carboxylic acids is 1. The molecule has 0 amide bonds. The molecule has 0 unspecified atom stereocenters. The summed E-state index contributed by atoms with van der Waals surface area (Å²) in [6.07, 6.45) is 2.69. The minimum absolute atomic E-state index is 0.00453. The number of benzene rings is 2. The van der Waals surface area contributed by atoms with Gasteiger partial charge in [0.25, 0.3) is 0 Å². The highest BCUT2D eigenvalue weighted by Crippen LogP contribution is 2.45. The SMILES string of the molecule is COCO[C@@H]([C@@H](C)COCc1ccc(OC)cc1)[C@@H](C)C(=O)[C@@H](C)C/C(C)=C\[C@H](C)[C@@H](O[Si](C(C)C)(C(C)C)C(C)C)[C@@H](C)COCc1ccccc1. The largest absolute Gasteiger partial charge is 0.497 e. The third-order valence-electron chi connectivity index (χ3n) is 11.0. The average Bonchev–Trinajstić information content (AvgIpc) is 3.11. The van der Waals surface area contributed by atoms with Gasteiger partial charge in [0, 0.05) is 30.8 Å². The number of hydrogen-bond donors (Lipinski definition) is 0. The van der Waals surface area contributed by atoms with Crippen molar-refractivity contribution in [3.8, 4) is 5.75 Å². The van der Waals surface area contributed by atoms with E-state index in [2.05, 4.69) is 99.6 Å². The lowest BCUT2D eigenvalue weighted by atomic mass is 9.83. The molecule has 0 heterocycles. The van der Waals surface area contributed by atoms with E-state index in [1.807, 2.05) is 44.2 Å². The zero-order valence-electron chi connectivity index (χ0n) is 35.6. The molecule has 0 N–H and O–H groups in total. The van der Waals surface area contributed by atoms with E-state index in [0.29, 0.717) is 49.5 Å². The van der Waals surface area contributed by atoms with Crippen LogP contribution < -0.4 is 4.74 Å². The molecule has 0 bridgehead atoms. The zero-order valence-corrected chi connectivity index (χ0v) is 36.6. The van der Waals surface area contributed by atoms with Crippen molar-refractivity contribution >= 4 is 14.1 Å². The number of rotatable bonds is 26. The molecular formula is C45H74O7Si. The molecule has 0 saturated heterocycles. The summed E-state index contributed by atoms with van der Waals surface area (Å²) in [7, 11) is 1.08. The Kier molecular flexibility index (Phi) is 20.8. The van der Waals surface area contributed by atoms with E-state index in [1.165, 1.54) is 11.1 Å². The van der Waals surface area contributed by atoms with Crippen LogP contribution in [0.4, 0.5) is 0 Å². The summed E-state index contributed by atoms with van der Waals surface area (Å²) >= 11 is 0. The number of ketones is 1. The molecule has 53 heavy (non-hydrogen) atoms. The van der Waals surface area contributed by atoms with Crippen molar-refractivity contribution in [2.45, 2.75) is 132 Å². The van der Waals surface area contributed by atoms with Gasteiger partial charge in [-0.05, 0) is 59.1 Å². The van der Waals surface area contributed by atoms with Gasteiger partial charge in [0.1, 0.15) is 18.3 Å². The Bertz CT molecular complexity index is 1300. The van der Waals surface area contributed by atoms with Crippen molar-refractivity contribution in [3.63, 3.8) is 0 Å². The molecule has 8 heteroatoms. The van der Waals surface area contributed by atoms with Crippen molar-refractivity contribution < 1.29 is 32.9 Å². The standard InChI is InChI=1S/C45H74O7Si/c1-31(2)53(32(3)4,33(5)6)52-44(37(10)26-49-28-40-18-16-15-17-19-40)36(9)25-34(7)24-35(8)43(46)39(12)45(51-30-47-13)38(11)27-50-29-41-20-22-42(48-14)23-21-41/h15-23,25,31-33,35-39,44-45H,24,26-30H2,1-14H3/b34-25-/t35-,36-,37-,38-,39-,44+,45-/m0/s1. The molecule has 0 radical (unpaired) electrons. The minimum atomic E-state index is -2.18. The molecule has 2 rings (SSSR count). The summed E-state index contributed by atoms with van der Waals surface area (Å²) < 4.78 is 36.6. The lowest BCUT2D eigenvalue weighted by Gasteiger charge is -2.47. The normalized spacial score (nSPS) is 16.7. The second-order valence-electron chi connectivity index (χ2n) is 16.4. The fourth-order valence-electron chi connectivity index (χ4n) is 8.35. The third kappa shape index (κ3) is 14.4. The quantitative estimate of drug-likeness (QED) is 0.0538. The molecule has 300 valence electrons.